The van der Waals surface area contributed by atoms with Gasteiger partial charge in [-0.2, -0.15) is 0 Å². The Kier molecular flexibility index (Phi) is 7.55. The van der Waals surface area contributed by atoms with E-state index in [0.717, 1.165) is 29.8 Å². The Balaban J connectivity index is 2.13. The number of aliphatic imine (C=N–C) groups is 1. The van der Waals surface area contributed by atoms with Gasteiger partial charge in [-0.3, -0.25) is 14.8 Å². The Morgan fingerprint density at radius 1 is 1.30 bits per heavy atom. The standard InChI is InChI=1S/C21H27N5O/c1-4-5-11-24-20(26-15(2)3)18-10-9-16(13-19(18)22)21(27)25-14-17-8-6-7-12-23-17/h6-10,12-13H,2,4-5,11,14,22H2,1,3H3,(H,24,26)(H,25,27). The first-order valence-electron chi connectivity index (χ1n) is 9.06. The first-order chi connectivity index (χ1) is 13.0. The van der Waals surface area contributed by atoms with Gasteiger partial charge in [0.15, 0.2) is 0 Å². The highest BCUT2D eigenvalue weighted by molar-refractivity contribution is 6.05. The fraction of sp³-hybridized carbons (Fsp3) is 0.286. The second-order valence-corrected chi connectivity index (χ2v) is 6.29. The van der Waals surface area contributed by atoms with Gasteiger partial charge in [-0.1, -0.05) is 26.0 Å². The van der Waals surface area contributed by atoms with Gasteiger partial charge in [0.05, 0.1) is 12.2 Å². The molecule has 2 rings (SSSR count). The minimum atomic E-state index is -0.198. The van der Waals surface area contributed by atoms with E-state index in [1.165, 1.54) is 0 Å². The summed E-state index contributed by atoms with van der Waals surface area (Å²) in [6, 6.07) is 10.8. The molecule has 0 aliphatic heterocycles. The van der Waals surface area contributed by atoms with Crippen molar-refractivity contribution < 1.29 is 4.79 Å². The Bertz CT molecular complexity index is 815. The fourth-order valence-electron chi connectivity index (χ4n) is 2.44. The molecule has 0 aliphatic carbocycles. The SMILES string of the molecule is C=C(C)NC(=NCCCC)c1ccc(C(=O)NCc2ccccn2)cc1N. The van der Waals surface area contributed by atoms with Crippen LogP contribution in [0.3, 0.4) is 0 Å². The molecule has 0 unspecified atom stereocenters. The molecule has 6 nitrogen and oxygen atoms in total. The number of unbranched alkanes of at least 4 members (excludes halogenated alkanes) is 1. The number of hydrogen-bond acceptors (Lipinski definition) is 4. The molecule has 27 heavy (non-hydrogen) atoms. The summed E-state index contributed by atoms with van der Waals surface area (Å²) in [4.78, 5) is 21.2. The number of carbonyl (C=O) groups is 1. The molecule has 0 spiro atoms. The first-order valence-corrected chi connectivity index (χ1v) is 9.06. The number of carbonyl (C=O) groups excluding carboxylic acids is 1. The highest BCUT2D eigenvalue weighted by Gasteiger charge is 2.12. The molecule has 1 amide bonds. The summed E-state index contributed by atoms with van der Waals surface area (Å²) >= 11 is 0. The number of nitrogens with two attached hydrogens (primary N) is 1. The maximum Gasteiger partial charge on any atom is 0.251 e. The van der Waals surface area contributed by atoms with Crippen LogP contribution in [0.4, 0.5) is 5.69 Å². The lowest BCUT2D eigenvalue weighted by Crippen LogP contribution is -2.25. The molecule has 0 bridgehead atoms. The van der Waals surface area contributed by atoms with Crippen molar-refractivity contribution in [1.82, 2.24) is 15.6 Å². The van der Waals surface area contributed by atoms with Crippen molar-refractivity contribution in [2.75, 3.05) is 12.3 Å². The summed E-state index contributed by atoms with van der Waals surface area (Å²) in [5.41, 5.74) is 9.53. The van der Waals surface area contributed by atoms with Crippen molar-refractivity contribution in [3.05, 3.63) is 71.7 Å². The largest absolute Gasteiger partial charge is 0.398 e. The van der Waals surface area contributed by atoms with Gasteiger partial charge in [-0.05, 0) is 43.7 Å². The van der Waals surface area contributed by atoms with Crippen LogP contribution in [-0.4, -0.2) is 23.3 Å². The summed E-state index contributed by atoms with van der Waals surface area (Å²) in [6.07, 6.45) is 3.76. The van der Waals surface area contributed by atoms with Crippen LogP contribution >= 0.6 is 0 Å². The van der Waals surface area contributed by atoms with Crippen LogP contribution in [0.2, 0.25) is 0 Å². The van der Waals surface area contributed by atoms with Gasteiger partial charge >= 0.3 is 0 Å². The van der Waals surface area contributed by atoms with E-state index in [1.54, 1.807) is 18.3 Å². The smallest absolute Gasteiger partial charge is 0.251 e. The van der Waals surface area contributed by atoms with Crippen molar-refractivity contribution >= 4 is 17.4 Å². The number of amides is 1. The minimum Gasteiger partial charge on any atom is -0.398 e. The van der Waals surface area contributed by atoms with Gasteiger partial charge in [0.1, 0.15) is 5.84 Å². The zero-order chi connectivity index (χ0) is 19.6. The third kappa shape index (κ3) is 6.26. The van der Waals surface area contributed by atoms with E-state index in [-0.39, 0.29) is 5.91 Å². The first kappa shape index (κ1) is 20.2. The fourth-order valence-corrected chi connectivity index (χ4v) is 2.44. The second-order valence-electron chi connectivity index (χ2n) is 6.29. The number of amidine groups is 1. The molecule has 0 saturated carbocycles. The number of rotatable bonds is 8. The molecule has 0 fully saturated rings. The number of nitrogen functional groups attached to an aromatic ring is 1. The van der Waals surface area contributed by atoms with Crippen molar-refractivity contribution in [3.63, 3.8) is 0 Å². The Morgan fingerprint density at radius 3 is 2.74 bits per heavy atom. The van der Waals surface area contributed by atoms with Gasteiger partial charge in [-0.25, -0.2) is 0 Å². The average molecular weight is 365 g/mol. The monoisotopic (exact) mass is 365 g/mol. The molecule has 4 N–H and O–H groups in total. The van der Waals surface area contributed by atoms with Crippen LogP contribution in [0.25, 0.3) is 0 Å². The van der Waals surface area contributed by atoms with Crippen LogP contribution < -0.4 is 16.4 Å². The molecular weight excluding hydrogens is 338 g/mol. The van der Waals surface area contributed by atoms with Crippen molar-refractivity contribution in [2.45, 2.75) is 33.2 Å². The topological polar surface area (TPSA) is 92.4 Å². The average Bonchev–Trinajstić information content (AvgIpc) is 2.66. The molecular formula is C21H27N5O. The molecule has 2 aromatic rings. The minimum absolute atomic E-state index is 0.198. The van der Waals surface area contributed by atoms with Gasteiger partial charge in [0, 0.05) is 35.3 Å². The Morgan fingerprint density at radius 2 is 2.11 bits per heavy atom. The maximum absolute atomic E-state index is 12.4. The summed E-state index contributed by atoms with van der Waals surface area (Å²) in [6.45, 7) is 8.93. The van der Waals surface area contributed by atoms with Gasteiger partial charge in [0.2, 0.25) is 0 Å². The zero-order valence-corrected chi connectivity index (χ0v) is 16.0. The van der Waals surface area contributed by atoms with Crippen molar-refractivity contribution in [2.24, 2.45) is 4.99 Å². The van der Waals surface area contributed by atoms with E-state index >= 15 is 0 Å². The number of nitrogens with zero attached hydrogens (tertiary/aromatic N) is 2. The third-order valence-electron chi connectivity index (χ3n) is 3.84. The number of aromatic nitrogens is 1. The second kappa shape index (κ2) is 10.1. The third-order valence-corrected chi connectivity index (χ3v) is 3.84. The molecule has 6 heteroatoms. The van der Waals surface area contributed by atoms with Crippen molar-refractivity contribution in [3.8, 4) is 0 Å². The number of nitrogens with one attached hydrogen (secondary N) is 2. The van der Waals surface area contributed by atoms with Crippen LogP contribution in [0.5, 0.6) is 0 Å². The van der Waals surface area contributed by atoms with E-state index in [9.17, 15) is 4.79 Å². The van der Waals surface area contributed by atoms with Crippen LogP contribution in [-0.2, 0) is 6.54 Å². The molecule has 1 aromatic heterocycles. The van der Waals surface area contributed by atoms with E-state index < -0.39 is 0 Å². The lowest BCUT2D eigenvalue weighted by Gasteiger charge is -2.13. The maximum atomic E-state index is 12.4. The lowest BCUT2D eigenvalue weighted by molar-refractivity contribution is 0.0950. The molecule has 0 atom stereocenters. The lowest BCUT2D eigenvalue weighted by atomic mass is 10.1. The molecule has 142 valence electrons. The number of benzene rings is 1. The van der Waals surface area contributed by atoms with E-state index in [2.05, 4.69) is 34.1 Å². The molecule has 1 heterocycles. The Hall–Kier alpha value is -3.15. The van der Waals surface area contributed by atoms with Gasteiger partial charge in [0.25, 0.3) is 5.91 Å². The zero-order valence-electron chi connectivity index (χ0n) is 16.0. The molecule has 0 aliphatic rings. The van der Waals surface area contributed by atoms with Crippen LogP contribution in [0.15, 0.2) is 59.9 Å². The predicted octanol–water partition coefficient (Wildman–Crippen LogP) is 3.26. The number of anilines is 1. The predicted molar refractivity (Wildman–Crippen MR) is 111 cm³/mol. The number of hydrogen-bond donors (Lipinski definition) is 3. The molecule has 1 aromatic carbocycles. The number of pyridine rings is 1. The van der Waals surface area contributed by atoms with Crippen molar-refractivity contribution in [1.29, 1.82) is 0 Å². The highest BCUT2D eigenvalue weighted by atomic mass is 16.1. The van der Waals surface area contributed by atoms with E-state index in [0.29, 0.717) is 30.2 Å². The number of allylic oxidation sites excluding steroid dienone is 1. The molecule has 0 radical (unpaired) electrons. The highest BCUT2D eigenvalue weighted by Crippen LogP contribution is 2.16. The quantitative estimate of drug-likeness (QED) is 0.290. The summed E-state index contributed by atoms with van der Waals surface area (Å²) in [7, 11) is 0. The molecule has 0 saturated heterocycles. The summed E-state index contributed by atoms with van der Waals surface area (Å²) in [5.74, 6) is 0.477. The normalized spacial score (nSPS) is 11.1. The Labute approximate surface area is 160 Å². The van der Waals surface area contributed by atoms with E-state index in [1.807, 2.05) is 31.2 Å². The van der Waals surface area contributed by atoms with E-state index in [4.69, 9.17) is 5.73 Å². The van der Waals surface area contributed by atoms with Gasteiger partial charge in [-0.15, -0.1) is 0 Å². The summed E-state index contributed by atoms with van der Waals surface area (Å²) in [5, 5.41) is 6.01. The van der Waals surface area contributed by atoms with Crippen LogP contribution in [0, 0.1) is 0 Å². The van der Waals surface area contributed by atoms with Crippen LogP contribution in [0.1, 0.15) is 48.3 Å². The summed E-state index contributed by atoms with van der Waals surface area (Å²) < 4.78 is 0. The van der Waals surface area contributed by atoms with Gasteiger partial charge < -0.3 is 16.4 Å².